The summed E-state index contributed by atoms with van der Waals surface area (Å²) in [6, 6.07) is 5.18. The highest BCUT2D eigenvalue weighted by Gasteiger charge is 2.35. The van der Waals surface area contributed by atoms with Crippen LogP contribution in [0.1, 0.15) is 21.5 Å². The second kappa shape index (κ2) is 5.83. The third kappa shape index (κ3) is 2.91. The molecule has 6 nitrogen and oxygen atoms in total. The number of aliphatic carboxylic acids is 1. The van der Waals surface area contributed by atoms with Crippen LogP contribution in [0.3, 0.4) is 0 Å². The highest BCUT2D eigenvalue weighted by Crippen LogP contribution is 2.18. The van der Waals surface area contributed by atoms with Gasteiger partial charge in [0.25, 0.3) is 5.91 Å². The fraction of sp³-hybridized carbons (Fsp3) is 0.467. The molecule has 0 spiro atoms. The highest BCUT2D eigenvalue weighted by atomic mass is 16.5. The third-order valence-corrected chi connectivity index (χ3v) is 4.07. The van der Waals surface area contributed by atoms with Crippen LogP contribution in [0.5, 0.6) is 0 Å². The van der Waals surface area contributed by atoms with Gasteiger partial charge in [0.15, 0.2) is 0 Å². The van der Waals surface area contributed by atoms with E-state index in [4.69, 9.17) is 9.84 Å². The molecule has 6 heteroatoms. The van der Waals surface area contributed by atoms with E-state index >= 15 is 0 Å². The van der Waals surface area contributed by atoms with E-state index < -0.39 is 17.9 Å². The maximum Gasteiger partial charge on any atom is 0.311 e. The molecule has 2 heterocycles. The molecule has 3 rings (SSSR count). The largest absolute Gasteiger partial charge is 0.481 e. The predicted octanol–water partition coefficient (Wildman–Crippen LogP) is 0.162. The normalized spacial score (nSPS) is 24.4. The maximum absolute atomic E-state index is 12.3. The number of carboxylic acids is 1. The van der Waals surface area contributed by atoms with Crippen LogP contribution < -0.4 is 10.6 Å². The Morgan fingerprint density at radius 2 is 2.14 bits per heavy atom. The van der Waals surface area contributed by atoms with Gasteiger partial charge in [-0.25, -0.2) is 0 Å². The number of fused-ring (bicyclic) bond motifs is 1. The maximum atomic E-state index is 12.3. The molecule has 2 unspecified atom stereocenters. The van der Waals surface area contributed by atoms with Gasteiger partial charge in [0.05, 0.1) is 19.3 Å². The van der Waals surface area contributed by atoms with E-state index in [9.17, 15) is 9.59 Å². The number of rotatable bonds is 3. The van der Waals surface area contributed by atoms with Crippen molar-refractivity contribution in [1.29, 1.82) is 0 Å². The minimum absolute atomic E-state index is 0.147. The van der Waals surface area contributed by atoms with Crippen LogP contribution in [0.4, 0.5) is 0 Å². The van der Waals surface area contributed by atoms with Crippen molar-refractivity contribution in [2.75, 3.05) is 19.8 Å². The summed E-state index contributed by atoms with van der Waals surface area (Å²) in [5.41, 5.74) is 2.96. The van der Waals surface area contributed by atoms with Crippen molar-refractivity contribution in [3.63, 3.8) is 0 Å². The van der Waals surface area contributed by atoms with E-state index in [2.05, 4.69) is 10.6 Å². The molecular weight excluding hydrogens is 272 g/mol. The number of carbonyl (C=O) groups is 2. The molecule has 1 aromatic carbocycles. The number of carboxylic acid groups (broad SMARTS) is 1. The molecule has 0 saturated carbocycles. The standard InChI is InChI=1S/C15H18N2O4/c18-14(17-13-8-21-7-12(13)15(19)20)10-2-1-9-3-4-16-6-11(9)5-10/h1-2,5,12-13,16H,3-4,6-8H2,(H,17,18)(H,19,20). The van der Waals surface area contributed by atoms with Crippen molar-refractivity contribution in [1.82, 2.24) is 10.6 Å². The zero-order chi connectivity index (χ0) is 14.8. The van der Waals surface area contributed by atoms with Gasteiger partial charge in [0, 0.05) is 12.1 Å². The third-order valence-electron chi connectivity index (χ3n) is 4.07. The van der Waals surface area contributed by atoms with Crippen LogP contribution in [0.2, 0.25) is 0 Å². The SMILES string of the molecule is O=C(NC1COCC1C(=O)O)c1ccc2c(c1)CNCC2. The first-order valence-corrected chi connectivity index (χ1v) is 7.09. The summed E-state index contributed by atoms with van der Waals surface area (Å²) in [5.74, 6) is -1.86. The number of hydrogen-bond acceptors (Lipinski definition) is 4. The van der Waals surface area contributed by atoms with Crippen molar-refractivity contribution < 1.29 is 19.4 Å². The summed E-state index contributed by atoms with van der Waals surface area (Å²) in [5, 5.41) is 15.1. The van der Waals surface area contributed by atoms with Gasteiger partial charge in [-0.2, -0.15) is 0 Å². The average molecular weight is 290 g/mol. The van der Waals surface area contributed by atoms with Crippen LogP contribution in [-0.2, 0) is 22.5 Å². The Hall–Kier alpha value is -1.92. The van der Waals surface area contributed by atoms with Crippen molar-refractivity contribution >= 4 is 11.9 Å². The summed E-state index contributed by atoms with van der Waals surface area (Å²) >= 11 is 0. The molecule has 1 fully saturated rings. The summed E-state index contributed by atoms with van der Waals surface area (Å²) in [4.78, 5) is 23.4. The number of hydrogen-bond donors (Lipinski definition) is 3. The Bertz CT molecular complexity index is 573. The van der Waals surface area contributed by atoms with Crippen molar-refractivity contribution in [3.8, 4) is 0 Å². The van der Waals surface area contributed by atoms with Gasteiger partial charge in [-0.3, -0.25) is 9.59 Å². The quantitative estimate of drug-likeness (QED) is 0.738. The number of nitrogens with one attached hydrogen (secondary N) is 2. The Morgan fingerprint density at radius 1 is 1.29 bits per heavy atom. The van der Waals surface area contributed by atoms with Crippen LogP contribution in [0, 0.1) is 5.92 Å². The number of benzene rings is 1. The van der Waals surface area contributed by atoms with E-state index in [-0.39, 0.29) is 19.1 Å². The van der Waals surface area contributed by atoms with E-state index in [1.54, 1.807) is 6.07 Å². The Kier molecular flexibility index (Phi) is 3.90. The lowest BCUT2D eigenvalue weighted by Gasteiger charge is -2.19. The summed E-state index contributed by atoms with van der Waals surface area (Å²) in [6.45, 7) is 2.11. The minimum atomic E-state index is -0.938. The Morgan fingerprint density at radius 3 is 2.95 bits per heavy atom. The molecule has 3 N–H and O–H groups in total. The summed E-state index contributed by atoms with van der Waals surface area (Å²) < 4.78 is 5.15. The van der Waals surface area contributed by atoms with Crippen LogP contribution >= 0.6 is 0 Å². The molecule has 112 valence electrons. The summed E-state index contributed by atoms with van der Waals surface area (Å²) in [7, 11) is 0. The molecule has 1 aromatic rings. The van der Waals surface area contributed by atoms with Crippen molar-refractivity contribution in [2.45, 2.75) is 19.0 Å². The molecule has 1 saturated heterocycles. The lowest BCUT2D eigenvalue weighted by Crippen LogP contribution is -2.42. The molecule has 1 amide bonds. The van der Waals surface area contributed by atoms with Gasteiger partial charge in [0.2, 0.25) is 0 Å². The first-order chi connectivity index (χ1) is 10.1. The van der Waals surface area contributed by atoms with Gasteiger partial charge in [-0.1, -0.05) is 6.07 Å². The average Bonchev–Trinajstić information content (AvgIpc) is 2.95. The van der Waals surface area contributed by atoms with Crippen LogP contribution in [0.25, 0.3) is 0 Å². The molecule has 0 bridgehead atoms. The van der Waals surface area contributed by atoms with Gasteiger partial charge in [-0.05, 0) is 36.2 Å². The second-order valence-electron chi connectivity index (χ2n) is 5.47. The molecule has 2 aliphatic heterocycles. The smallest absolute Gasteiger partial charge is 0.311 e. The summed E-state index contributed by atoms with van der Waals surface area (Å²) in [6.07, 6.45) is 0.967. The second-order valence-corrected chi connectivity index (χ2v) is 5.47. The molecule has 0 aliphatic carbocycles. The Labute approximate surface area is 122 Å². The van der Waals surface area contributed by atoms with Gasteiger partial charge in [0.1, 0.15) is 5.92 Å². The molecule has 21 heavy (non-hydrogen) atoms. The first-order valence-electron chi connectivity index (χ1n) is 7.09. The number of ether oxygens (including phenoxy) is 1. The zero-order valence-corrected chi connectivity index (χ0v) is 11.6. The minimum Gasteiger partial charge on any atom is -0.481 e. The Balaban J connectivity index is 1.72. The molecule has 2 atom stereocenters. The molecule has 0 aromatic heterocycles. The van der Waals surface area contributed by atoms with Gasteiger partial charge >= 0.3 is 5.97 Å². The van der Waals surface area contributed by atoms with E-state index in [0.29, 0.717) is 5.56 Å². The lowest BCUT2D eigenvalue weighted by atomic mass is 9.98. The van der Waals surface area contributed by atoms with Crippen LogP contribution in [-0.4, -0.2) is 42.8 Å². The lowest BCUT2D eigenvalue weighted by molar-refractivity contribution is -0.142. The fourth-order valence-corrected chi connectivity index (χ4v) is 2.81. The first kappa shape index (κ1) is 14.0. The topological polar surface area (TPSA) is 87.7 Å². The fourth-order valence-electron chi connectivity index (χ4n) is 2.81. The zero-order valence-electron chi connectivity index (χ0n) is 11.6. The van der Waals surface area contributed by atoms with E-state index in [1.165, 1.54) is 5.56 Å². The molecule has 2 aliphatic rings. The van der Waals surface area contributed by atoms with Crippen molar-refractivity contribution in [2.24, 2.45) is 5.92 Å². The van der Waals surface area contributed by atoms with E-state index in [1.807, 2.05) is 12.1 Å². The van der Waals surface area contributed by atoms with E-state index in [0.717, 1.165) is 25.1 Å². The molecular formula is C15H18N2O4. The number of amides is 1. The van der Waals surface area contributed by atoms with Crippen molar-refractivity contribution in [3.05, 3.63) is 34.9 Å². The highest BCUT2D eigenvalue weighted by molar-refractivity contribution is 5.95. The van der Waals surface area contributed by atoms with Gasteiger partial charge in [-0.15, -0.1) is 0 Å². The predicted molar refractivity (Wildman–Crippen MR) is 75.1 cm³/mol. The van der Waals surface area contributed by atoms with Crippen LogP contribution in [0.15, 0.2) is 18.2 Å². The molecule has 0 radical (unpaired) electrons. The van der Waals surface area contributed by atoms with Gasteiger partial charge < -0.3 is 20.5 Å². The number of carbonyl (C=O) groups excluding carboxylic acids is 1. The monoisotopic (exact) mass is 290 g/mol.